The first-order valence-corrected chi connectivity index (χ1v) is 12.2. The maximum absolute atomic E-state index is 13.6. The lowest BCUT2D eigenvalue weighted by Gasteiger charge is -2.58. The summed E-state index contributed by atoms with van der Waals surface area (Å²) >= 11 is 0. The van der Waals surface area contributed by atoms with Crippen LogP contribution in [0.1, 0.15) is 43.2 Å². The summed E-state index contributed by atoms with van der Waals surface area (Å²) in [7, 11) is -2.06. The van der Waals surface area contributed by atoms with Crippen molar-refractivity contribution < 1.29 is 18.1 Å². The second-order valence-corrected chi connectivity index (χ2v) is 10.8. The number of non-ortho nitro benzene ring substituents is 1. The fraction of sp³-hybridized carbons (Fsp3) is 0.478. The van der Waals surface area contributed by atoms with Crippen LogP contribution in [0.25, 0.3) is 0 Å². The molecule has 7 nitrogen and oxygen atoms in total. The Morgan fingerprint density at radius 2 is 1.90 bits per heavy atom. The van der Waals surface area contributed by atoms with Gasteiger partial charge in [0.2, 0.25) is 10.0 Å². The van der Waals surface area contributed by atoms with E-state index in [-0.39, 0.29) is 28.0 Å². The Kier molecular flexibility index (Phi) is 4.82. The van der Waals surface area contributed by atoms with Crippen molar-refractivity contribution in [2.75, 3.05) is 13.7 Å². The number of hydrogen-bond acceptors (Lipinski definition) is 5. The number of fused-ring (bicyclic) bond motifs is 1. The third kappa shape index (κ3) is 3.07. The molecule has 5 rings (SSSR count). The molecule has 0 aromatic heterocycles. The van der Waals surface area contributed by atoms with Crippen LogP contribution in [0.2, 0.25) is 0 Å². The van der Waals surface area contributed by atoms with E-state index in [4.69, 9.17) is 4.74 Å². The van der Waals surface area contributed by atoms with E-state index in [1.807, 2.05) is 6.07 Å². The van der Waals surface area contributed by atoms with Gasteiger partial charge in [-0.3, -0.25) is 10.1 Å². The van der Waals surface area contributed by atoms with Gasteiger partial charge in [-0.2, -0.15) is 4.31 Å². The predicted octanol–water partition coefficient (Wildman–Crippen LogP) is 4.05. The van der Waals surface area contributed by atoms with Gasteiger partial charge in [-0.1, -0.05) is 18.9 Å². The highest BCUT2D eigenvalue weighted by Crippen LogP contribution is 2.56. The van der Waals surface area contributed by atoms with Gasteiger partial charge in [0.25, 0.3) is 5.69 Å². The Balaban J connectivity index is 1.56. The van der Waals surface area contributed by atoms with Crippen LogP contribution in [0.5, 0.6) is 5.75 Å². The third-order valence-corrected chi connectivity index (χ3v) is 9.59. The number of nitro groups is 1. The lowest BCUT2D eigenvalue weighted by atomic mass is 9.53. The maximum atomic E-state index is 13.6. The first kappa shape index (κ1) is 20.5. The first-order chi connectivity index (χ1) is 14.9. The van der Waals surface area contributed by atoms with Gasteiger partial charge in [-0.15, -0.1) is 0 Å². The molecule has 8 heteroatoms. The van der Waals surface area contributed by atoms with Crippen molar-refractivity contribution in [2.45, 2.75) is 54.9 Å². The molecular weight excluding hydrogens is 416 g/mol. The van der Waals surface area contributed by atoms with Gasteiger partial charge in [0.05, 0.1) is 16.9 Å². The quantitative estimate of drug-likeness (QED) is 0.526. The van der Waals surface area contributed by atoms with Crippen LogP contribution >= 0.6 is 0 Å². The Labute approximate surface area is 182 Å². The third-order valence-electron chi connectivity index (χ3n) is 7.65. The molecule has 1 heterocycles. The fourth-order valence-electron chi connectivity index (χ4n) is 6.25. The molecule has 0 unspecified atom stereocenters. The summed E-state index contributed by atoms with van der Waals surface area (Å²) in [6.45, 7) is 0.469. The normalized spacial score (nSPS) is 27.8. The number of piperidine rings is 1. The van der Waals surface area contributed by atoms with Crippen molar-refractivity contribution >= 4 is 15.7 Å². The van der Waals surface area contributed by atoms with E-state index in [0.717, 1.165) is 37.9 Å². The second-order valence-electron chi connectivity index (χ2n) is 8.92. The van der Waals surface area contributed by atoms with E-state index in [1.54, 1.807) is 11.4 Å². The van der Waals surface area contributed by atoms with Crippen LogP contribution < -0.4 is 4.74 Å². The molecule has 3 aliphatic rings. The number of rotatable bonds is 4. The fourth-order valence-corrected chi connectivity index (χ4v) is 7.91. The SMILES string of the molecule is COc1ccc2c(c1)[C@]13CCCC[C@@H]1[C@H](C2)N(S(=O)(=O)c1ccc([N+](=O)[O-])cc1)CC3. The van der Waals surface area contributed by atoms with E-state index >= 15 is 0 Å². The standard InChI is InChI=1S/C23H26N2O5S/c1-30-18-8-5-16-14-22-20-4-2-3-11-23(20,21(16)15-18)12-13-24(22)31(28,29)19-9-6-17(7-10-19)25(26)27/h5-10,15,20,22H,2-4,11-14H2,1H3/t20-,22+,23+/m1/s1. The van der Waals surface area contributed by atoms with Crippen LogP contribution in [0.15, 0.2) is 47.4 Å². The maximum Gasteiger partial charge on any atom is 0.269 e. The highest BCUT2D eigenvalue weighted by Gasteiger charge is 2.56. The first-order valence-electron chi connectivity index (χ1n) is 10.8. The molecule has 2 aromatic carbocycles. The van der Waals surface area contributed by atoms with Gasteiger partial charge < -0.3 is 4.74 Å². The zero-order chi connectivity index (χ0) is 21.8. The predicted molar refractivity (Wildman–Crippen MR) is 116 cm³/mol. The van der Waals surface area contributed by atoms with Crippen LogP contribution in [-0.4, -0.2) is 37.3 Å². The molecular formula is C23H26N2O5S. The molecule has 0 spiro atoms. The van der Waals surface area contributed by atoms with Gasteiger partial charge in [-0.05, 0) is 67.0 Å². The van der Waals surface area contributed by atoms with Gasteiger partial charge in [0, 0.05) is 30.1 Å². The zero-order valence-electron chi connectivity index (χ0n) is 17.5. The molecule has 31 heavy (non-hydrogen) atoms. The number of methoxy groups -OCH3 is 1. The minimum Gasteiger partial charge on any atom is -0.497 e. The Morgan fingerprint density at radius 3 is 2.61 bits per heavy atom. The molecule has 0 radical (unpaired) electrons. The van der Waals surface area contributed by atoms with Gasteiger partial charge >= 0.3 is 0 Å². The monoisotopic (exact) mass is 442 g/mol. The highest BCUT2D eigenvalue weighted by molar-refractivity contribution is 7.89. The molecule has 0 N–H and O–H groups in total. The largest absolute Gasteiger partial charge is 0.497 e. The average Bonchev–Trinajstić information content (AvgIpc) is 2.78. The summed E-state index contributed by atoms with van der Waals surface area (Å²) in [6.07, 6.45) is 5.87. The number of ether oxygens (including phenoxy) is 1. The van der Waals surface area contributed by atoms with Gasteiger partial charge in [-0.25, -0.2) is 8.42 Å². The molecule has 1 aliphatic heterocycles. The summed E-state index contributed by atoms with van der Waals surface area (Å²) in [6, 6.07) is 11.4. The summed E-state index contributed by atoms with van der Waals surface area (Å²) in [5, 5.41) is 11.0. The molecule has 164 valence electrons. The topological polar surface area (TPSA) is 89.8 Å². The van der Waals surface area contributed by atoms with Crippen molar-refractivity contribution in [1.29, 1.82) is 0 Å². The molecule has 1 saturated heterocycles. The van der Waals surface area contributed by atoms with Crippen LogP contribution in [0, 0.1) is 16.0 Å². The van der Waals surface area contributed by atoms with Crippen molar-refractivity contribution in [3.8, 4) is 5.75 Å². The summed E-state index contributed by atoms with van der Waals surface area (Å²) < 4.78 is 34.4. The Hall–Kier alpha value is -2.45. The van der Waals surface area contributed by atoms with Gasteiger partial charge in [0.15, 0.2) is 0 Å². The second kappa shape index (κ2) is 7.31. The average molecular weight is 443 g/mol. The molecule has 1 saturated carbocycles. The van der Waals surface area contributed by atoms with Crippen LogP contribution in [0.4, 0.5) is 5.69 Å². The van der Waals surface area contributed by atoms with E-state index in [9.17, 15) is 18.5 Å². The highest BCUT2D eigenvalue weighted by atomic mass is 32.2. The molecule has 2 aromatic rings. The van der Waals surface area contributed by atoms with Crippen LogP contribution in [0.3, 0.4) is 0 Å². The number of sulfonamides is 1. The Bertz CT molecular complexity index is 1130. The Morgan fingerprint density at radius 1 is 1.13 bits per heavy atom. The number of nitrogens with zero attached hydrogens (tertiary/aromatic N) is 2. The van der Waals surface area contributed by atoms with Crippen molar-refractivity contribution in [2.24, 2.45) is 5.92 Å². The lowest BCUT2D eigenvalue weighted by Crippen LogP contribution is -2.62. The van der Waals surface area contributed by atoms with Gasteiger partial charge in [0.1, 0.15) is 5.75 Å². The summed E-state index contributed by atoms with van der Waals surface area (Å²) in [4.78, 5) is 10.6. The van der Waals surface area contributed by atoms with E-state index in [2.05, 4.69) is 12.1 Å². The van der Waals surface area contributed by atoms with Crippen LogP contribution in [-0.2, 0) is 21.9 Å². The molecule has 2 bridgehead atoms. The molecule has 2 aliphatic carbocycles. The zero-order valence-corrected chi connectivity index (χ0v) is 18.3. The van der Waals surface area contributed by atoms with E-state index in [1.165, 1.54) is 35.4 Å². The molecule has 2 fully saturated rings. The van der Waals surface area contributed by atoms with Crippen molar-refractivity contribution in [1.82, 2.24) is 4.31 Å². The summed E-state index contributed by atoms with van der Waals surface area (Å²) in [5.41, 5.74) is 2.46. The molecule has 3 atom stereocenters. The number of hydrogen-bond donors (Lipinski definition) is 0. The minimum absolute atomic E-state index is 0.00648. The minimum atomic E-state index is -3.74. The smallest absolute Gasteiger partial charge is 0.269 e. The van der Waals surface area contributed by atoms with Crippen molar-refractivity contribution in [3.63, 3.8) is 0 Å². The summed E-state index contributed by atoms with van der Waals surface area (Å²) in [5.74, 6) is 1.14. The lowest BCUT2D eigenvalue weighted by molar-refractivity contribution is -0.384. The molecule has 0 amide bonds. The number of benzene rings is 2. The van der Waals surface area contributed by atoms with E-state index in [0.29, 0.717) is 13.0 Å². The number of nitro benzene ring substituents is 1. The van der Waals surface area contributed by atoms with E-state index < -0.39 is 14.9 Å². The van der Waals surface area contributed by atoms with Crippen molar-refractivity contribution in [3.05, 3.63) is 63.7 Å².